The Balaban J connectivity index is 1.74. The zero-order valence-electron chi connectivity index (χ0n) is 11.7. The maximum absolute atomic E-state index is 10.0. The molecule has 4 heteroatoms. The molecule has 1 heterocycles. The largest absolute Gasteiger partial charge is 0.493 e. The van der Waals surface area contributed by atoms with Crippen molar-refractivity contribution in [3.8, 4) is 5.75 Å². The first kappa shape index (κ1) is 14.7. The van der Waals surface area contributed by atoms with Crippen LogP contribution in [0.2, 0.25) is 0 Å². The summed E-state index contributed by atoms with van der Waals surface area (Å²) in [6, 6.07) is 6.44. The monoisotopic (exact) mass is 281 g/mol. The molecule has 3 nitrogen and oxygen atoms in total. The SMILES string of the molecule is CSCC(C)(O)CNCCc1ccc2c(c1)CCO2. The molecular formula is C15H23NO2S. The zero-order valence-corrected chi connectivity index (χ0v) is 12.6. The molecule has 0 amide bonds. The Hall–Kier alpha value is -0.710. The van der Waals surface area contributed by atoms with Gasteiger partial charge >= 0.3 is 0 Å². The number of fused-ring (bicyclic) bond motifs is 1. The molecule has 2 N–H and O–H groups in total. The Labute approximate surface area is 119 Å². The minimum atomic E-state index is -0.620. The third kappa shape index (κ3) is 4.41. The highest BCUT2D eigenvalue weighted by molar-refractivity contribution is 7.98. The van der Waals surface area contributed by atoms with Gasteiger partial charge < -0.3 is 15.2 Å². The van der Waals surface area contributed by atoms with Crippen LogP contribution >= 0.6 is 11.8 Å². The van der Waals surface area contributed by atoms with Crippen molar-refractivity contribution in [3.63, 3.8) is 0 Å². The zero-order chi connectivity index (χ0) is 13.7. The van der Waals surface area contributed by atoms with Crippen LogP contribution in [-0.2, 0) is 12.8 Å². The average molecular weight is 281 g/mol. The summed E-state index contributed by atoms with van der Waals surface area (Å²) in [5.74, 6) is 1.80. The maximum atomic E-state index is 10.0. The molecule has 19 heavy (non-hydrogen) atoms. The molecule has 1 aromatic rings. The summed E-state index contributed by atoms with van der Waals surface area (Å²) < 4.78 is 5.50. The molecule has 0 bridgehead atoms. The molecule has 0 fully saturated rings. The van der Waals surface area contributed by atoms with Crippen molar-refractivity contribution >= 4 is 11.8 Å². The van der Waals surface area contributed by atoms with Crippen LogP contribution in [0.1, 0.15) is 18.1 Å². The minimum absolute atomic E-state index is 0.620. The van der Waals surface area contributed by atoms with E-state index in [-0.39, 0.29) is 0 Å². The van der Waals surface area contributed by atoms with Crippen molar-refractivity contribution in [2.24, 2.45) is 0 Å². The summed E-state index contributed by atoms with van der Waals surface area (Å²) in [6.45, 7) is 4.23. The van der Waals surface area contributed by atoms with Crippen molar-refractivity contribution in [2.45, 2.75) is 25.4 Å². The molecule has 1 atom stereocenters. The first-order valence-electron chi connectivity index (χ1n) is 6.77. The van der Waals surface area contributed by atoms with Gasteiger partial charge in [0.25, 0.3) is 0 Å². The van der Waals surface area contributed by atoms with E-state index in [2.05, 4.69) is 23.5 Å². The molecule has 106 valence electrons. The lowest BCUT2D eigenvalue weighted by molar-refractivity contribution is 0.0852. The van der Waals surface area contributed by atoms with Gasteiger partial charge in [-0.1, -0.05) is 12.1 Å². The van der Waals surface area contributed by atoms with E-state index >= 15 is 0 Å². The van der Waals surface area contributed by atoms with Crippen molar-refractivity contribution in [1.29, 1.82) is 0 Å². The van der Waals surface area contributed by atoms with E-state index in [1.807, 2.05) is 13.2 Å². The molecule has 0 saturated heterocycles. The molecule has 0 spiro atoms. The van der Waals surface area contributed by atoms with Gasteiger partial charge in [0.2, 0.25) is 0 Å². The van der Waals surface area contributed by atoms with Crippen molar-refractivity contribution in [2.75, 3.05) is 31.7 Å². The normalized spacial score (nSPS) is 16.8. The van der Waals surface area contributed by atoms with Gasteiger partial charge in [-0.2, -0.15) is 11.8 Å². The maximum Gasteiger partial charge on any atom is 0.122 e. The Kier molecular flexibility index (Phi) is 5.13. The lowest BCUT2D eigenvalue weighted by Crippen LogP contribution is -2.40. The molecule has 1 unspecified atom stereocenters. The Morgan fingerprint density at radius 2 is 2.32 bits per heavy atom. The number of rotatable bonds is 7. The summed E-state index contributed by atoms with van der Waals surface area (Å²) in [5, 5.41) is 13.4. The smallest absolute Gasteiger partial charge is 0.122 e. The second-order valence-corrected chi connectivity index (χ2v) is 6.26. The fraction of sp³-hybridized carbons (Fsp3) is 0.600. The van der Waals surface area contributed by atoms with Crippen LogP contribution in [0.5, 0.6) is 5.75 Å². The number of nitrogens with one attached hydrogen (secondary N) is 1. The third-order valence-electron chi connectivity index (χ3n) is 3.31. The van der Waals surface area contributed by atoms with Gasteiger partial charge in [-0.05, 0) is 43.3 Å². The highest BCUT2D eigenvalue weighted by Crippen LogP contribution is 2.25. The third-order valence-corrected chi connectivity index (χ3v) is 4.22. The van der Waals surface area contributed by atoms with E-state index in [9.17, 15) is 5.11 Å². The van der Waals surface area contributed by atoms with Gasteiger partial charge in [0.1, 0.15) is 5.75 Å². The molecule has 0 radical (unpaired) electrons. The number of hydrogen-bond acceptors (Lipinski definition) is 4. The molecule has 0 saturated carbocycles. The average Bonchev–Trinajstić information content (AvgIpc) is 2.82. The van der Waals surface area contributed by atoms with Crippen LogP contribution in [0.25, 0.3) is 0 Å². The standard InChI is InChI=1S/C15H23NO2S/c1-15(17,11-19-2)10-16-7-5-12-3-4-14-13(9-12)6-8-18-14/h3-4,9,16-17H,5-8,10-11H2,1-2H3. The van der Waals surface area contributed by atoms with Crippen LogP contribution in [0.4, 0.5) is 0 Å². The molecule has 1 aliphatic rings. The number of hydrogen-bond donors (Lipinski definition) is 2. The van der Waals surface area contributed by atoms with Gasteiger partial charge in [0, 0.05) is 18.7 Å². The molecule has 1 aromatic carbocycles. The predicted octanol–water partition coefficient (Wildman–Crippen LogP) is 1.87. The van der Waals surface area contributed by atoms with Crippen LogP contribution in [0, 0.1) is 0 Å². The number of aliphatic hydroxyl groups is 1. The van der Waals surface area contributed by atoms with Gasteiger partial charge in [0.15, 0.2) is 0 Å². The molecule has 0 aromatic heterocycles. The van der Waals surface area contributed by atoms with E-state index in [0.717, 1.165) is 37.5 Å². The van der Waals surface area contributed by atoms with Gasteiger partial charge in [-0.25, -0.2) is 0 Å². The minimum Gasteiger partial charge on any atom is -0.493 e. The van der Waals surface area contributed by atoms with E-state index in [1.54, 1.807) is 11.8 Å². The predicted molar refractivity (Wildman–Crippen MR) is 81.2 cm³/mol. The fourth-order valence-electron chi connectivity index (χ4n) is 2.35. The Bertz CT molecular complexity index is 421. The first-order valence-corrected chi connectivity index (χ1v) is 8.17. The van der Waals surface area contributed by atoms with Gasteiger partial charge in [-0.15, -0.1) is 0 Å². The summed E-state index contributed by atoms with van der Waals surface area (Å²) in [7, 11) is 0. The highest BCUT2D eigenvalue weighted by Gasteiger charge is 2.18. The van der Waals surface area contributed by atoms with Crippen LogP contribution in [-0.4, -0.2) is 42.4 Å². The lowest BCUT2D eigenvalue weighted by atomic mass is 10.1. The quantitative estimate of drug-likeness (QED) is 0.749. The first-order chi connectivity index (χ1) is 9.11. The van der Waals surface area contributed by atoms with Crippen LogP contribution in [0.15, 0.2) is 18.2 Å². The molecular weight excluding hydrogens is 258 g/mol. The van der Waals surface area contributed by atoms with E-state index in [4.69, 9.17) is 4.74 Å². The van der Waals surface area contributed by atoms with Crippen molar-refractivity contribution < 1.29 is 9.84 Å². The highest BCUT2D eigenvalue weighted by atomic mass is 32.2. The second-order valence-electron chi connectivity index (χ2n) is 5.40. The van der Waals surface area contributed by atoms with Crippen molar-refractivity contribution in [1.82, 2.24) is 5.32 Å². The summed E-state index contributed by atoms with van der Waals surface area (Å²) in [6.07, 6.45) is 4.03. The Morgan fingerprint density at radius 1 is 1.47 bits per heavy atom. The fourth-order valence-corrected chi connectivity index (χ4v) is 3.07. The lowest BCUT2D eigenvalue weighted by Gasteiger charge is -2.22. The number of benzene rings is 1. The second kappa shape index (κ2) is 6.64. The van der Waals surface area contributed by atoms with E-state index in [1.165, 1.54) is 11.1 Å². The molecule has 2 rings (SSSR count). The van der Waals surface area contributed by atoms with Crippen molar-refractivity contribution in [3.05, 3.63) is 29.3 Å². The van der Waals surface area contributed by atoms with Gasteiger partial charge in [-0.3, -0.25) is 0 Å². The summed E-state index contributed by atoms with van der Waals surface area (Å²) in [5.41, 5.74) is 2.04. The van der Waals surface area contributed by atoms with E-state index in [0.29, 0.717) is 6.54 Å². The summed E-state index contributed by atoms with van der Waals surface area (Å²) >= 11 is 1.67. The molecule has 0 aliphatic carbocycles. The van der Waals surface area contributed by atoms with Crippen LogP contribution in [0.3, 0.4) is 0 Å². The Morgan fingerprint density at radius 3 is 3.11 bits per heavy atom. The molecule has 1 aliphatic heterocycles. The van der Waals surface area contributed by atoms with Crippen LogP contribution < -0.4 is 10.1 Å². The number of thioether (sulfide) groups is 1. The van der Waals surface area contributed by atoms with Gasteiger partial charge in [0.05, 0.1) is 12.2 Å². The van der Waals surface area contributed by atoms with E-state index < -0.39 is 5.60 Å². The number of ether oxygens (including phenoxy) is 1. The summed E-state index contributed by atoms with van der Waals surface area (Å²) in [4.78, 5) is 0. The topological polar surface area (TPSA) is 41.5 Å².